The molecule has 0 aromatic rings. The Morgan fingerprint density at radius 2 is 1.80 bits per heavy atom. The second kappa shape index (κ2) is 6.08. The van der Waals surface area contributed by atoms with Crippen molar-refractivity contribution in [1.29, 1.82) is 0 Å². The van der Waals surface area contributed by atoms with E-state index < -0.39 is 0 Å². The van der Waals surface area contributed by atoms with Gasteiger partial charge in [0.1, 0.15) is 0 Å². The lowest BCUT2D eigenvalue weighted by Crippen LogP contribution is -2.43. The molecule has 0 amide bonds. The average molecular weight is 210 g/mol. The average Bonchev–Trinajstić information content (AvgIpc) is 2.32. The van der Waals surface area contributed by atoms with E-state index in [2.05, 4.69) is 21.2 Å². The number of hydrogen-bond donors (Lipinski definition) is 3. The number of nitrogens with one attached hydrogen (secondary N) is 3. The van der Waals surface area contributed by atoms with Crippen LogP contribution in [0.5, 0.6) is 0 Å². The van der Waals surface area contributed by atoms with Gasteiger partial charge in [-0.15, -0.1) is 0 Å². The van der Waals surface area contributed by atoms with Crippen LogP contribution in [0.25, 0.3) is 0 Å². The zero-order chi connectivity index (χ0) is 10.3. The molecule has 0 aromatic heterocycles. The summed E-state index contributed by atoms with van der Waals surface area (Å²) in [6.07, 6.45) is 10.1. The van der Waals surface area contributed by atoms with Crippen molar-refractivity contribution in [2.45, 2.75) is 50.7 Å². The molecule has 0 saturated carbocycles. The van der Waals surface area contributed by atoms with Gasteiger partial charge in [-0.25, -0.2) is 0 Å². The monoisotopic (exact) mass is 210 g/mol. The molecule has 0 bridgehead atoms. The van der Waals surface area contributed by atoms with E-state index in [4.69, 9.17) is 0 Å². The summed E-state index contributed by atoms with van der Waals surface area (Å²) in [5, 5.41) is 11.2. The van der Waals surface area contributed by atoms with Crippen molar-refractivity contribution >= 4 is 6.21 Å². The van der Waals surface area contributed by atoms with Gasteiger partial charge in [0.25, 0.3) is 0 Å². The van der Waals surface area contributed by atoms with E-state index in [1.165, 1.54) is 38.5 Å². The fourth-order valence-electron chi connectivity index (χ4n) is 2.19. The molecular formula is C11H22N4. The Kier molecular flexibility index (Phi) is 4.41. The summed E-state index contributed by atoms with van der Waals surface area (Å²) in [5.74, 6) is 0. The van der Waals surface area contributed by atoms with Gasteiger partial charge >= 0.3 is 0 Å². The first-order chi connectivity index (χ1) is 7.45. The van der Waals surface area contributed by atoms with Gasteiger partial charge in [-0.3, -0.25) is 10.7 Å². The first-order valence-electron chi connectivity index (χ1n) is 6.20. The number of nitrogens with zero attached hydrogens (tertiary/aromatic N) is 1. The maximum absolute atomic E-state index is 4.32. The number of hydrogen-bond acceptors (Lipinski definition) is 4. The van der Waals surface area contributed by atoms with Crippen molar-refractivity contribution in [2.24, 2.45) is 5.10 Å². The topological polar surface area (TPSA) is 48.5 Å². The van der Waals surface area contributed by atoms with Crippen LogP contribution < -0.4 is 16.1 Å². The van der Waals surface area contributed by atoms with E-state index in [1.54, 1.807) is 0 Å². The summed E-state index contributed by atoms with van der Waals surface area (Å²) < 4.78 is 0. The van der Waals surface area contributed by atoms with Crippen molar-refractivity contribution in [1.82, 2.24) is 16.1 Å². The van der Waals surface area contributed by atoms with Gasteiger partial charge in [-0.05, 0) is 45.2 Å². The minimum atomic E-state index is 0.388. The van der Waals surface area contributed by atoms with Crippen LogP contribution in [0.15, 0.2) is 5.10 Å². The van der Waals surface area contributed by atoms with Crippen molar-refractivity contribution in [3.8, 4) is 0 Å². The van der Waals surface area contributed by atoms with Gasteiger partial charge in [0.2, 0.25) is 0 Å². The zero-order valence-corrected chi connectivity index (χ0v) is 9.34. The molecule has 2 rings (SSSR count). The van der Waals surface area contributed by atoms with E-state index in [0.717, 1.165) is 13.1 Å². The Hall–Kier alpha value is -0.610. The van der Waals surface area contributed by atoms with Crippen molar-refractivity contribution in [3.05, 3.63) is 0 Å². The third-order valence-corrected chi connectivity index (χ3v) is 3.14. The molecule has 0 radical (unpaired) electrons. The van der Waals surface area contributed by atoms with E-state index >= 15 is 0 Å². The van der Waals surface area contributed by atoms with Gasteiger partial charge in [0, 0.05) is 12.3 Å². The normalized spacial score (nSPS) is 33.1. The van der Waals surface area contributed by atoms with Crippen LogP contribution in [0.2, 0.25) is 0 Å². The van der Waals surface area contributed by atoms with Crippen LogP contribution >= 0.6 is 0 Å². The predicted octanol–water partition coefficient (Wildman–Crippen LogP) is 0.803. The summed E-state index contributed by atoms with van der Waals surface area (Å²) in [6, 6.07) is 0.481. The Morgan fingerprint density at radius 1 is 1.00 bits per heavy atom. The fraction of sp³-hybridized carbons (Fsp3) is 0.909. The van der Waals surface area contributed by atoms with Crippen LogP contribution in [-0.4, -0.2) is 31.5 Å². The van der Waals surface area contributed by atoms with Crippen LogP contribution in [-0.2, 0) is 0 Å². The molecule has 4 nitrogen and oxygen atoms in total. The zero-order valence-electron chi connectivity index (χ0n) is 9.34. The van der Waals surface area contributed by atoms with E-state index in [0.29, 0.717) is 12.2 Å². The minimum Gasteiger partial charge on any atom is -0.309 e. The van der Waals surface area contributed by atoms with E-state index in [9.17, 15) is 0 Å². The highest BCUT2D eigenvalue weighted by Crippen LogP contribution is 2.06. The Labute approximate surface area is 91.9 Å². The SMILES string of the molecule is C(=N/NC1CCCCN1)/C1CCCCN1. The highest BCUT2D eigenvalue weighted by atomic mass is 15.4. The van der Waals surface area contributed by atoms with E-state index in [-0.39, 0.29) is 0 Å². The van der Waals surface area contributed by atoms with Gasteiger partial charge in [0.15, 0.2) is 0 Å². The van der Waals surface area contributed by atoms with Gasteiger partial charge < -0.3 is 5.32 Å². The molecule has 2 aliphatic rings. The lowest BCUT2D eigenvalue weighted by Gasteiger charge is -2.23. The molecular weight excluding hydrogens is 188 g/mol. The molecule has 0 spiro atoms. The molecule has 2 unspecified atom stereocenters. The summed E-state index contributed by atoms with van der Waals surface area (Å²) in [6.45, 7) is 2.26. The number of hydrazone groups is 1. The predicted molar refractivity (Wildman–Crippen MR) is 62.9 cm³/mol. The lowest BCUT2D eigenvalue weighted by atomic mass is 10.1. The highest BCUT2D eigenvalue weighted by molar-refractivity contribution is 5.64. The number of piperidine rings is 2. The summed E-state index contributed by atoms with van der Waals surface area (Å²) in [7, 11) is 0. The standard InChI is InChI=1S/C11H22N4/c1-3-7-12-10(5-1)9-14-15-11-6-2-4-8-13-11/h9-13,15H,1-8H2/b14-9-. The molecule has 2 saturated heterocycles. The van der Waals surface area contributed by atoms with Crippen LogP contribution in [0.3, 0.4) is 0 Å². The molecule has 0 aromatic carbocycles. The highest BCUT2D eigenvalue weighted by Gasteiger charge is 2.11. The molecule has 3 N–H and O–H groups in total. The molecule has 4 heteroatoms. The Balaban J connectivity index is 1.64. The maximum atomic E-state index is 4.32. The lowest BCUT2D eigenvalue weighted by molar-refractivity contribution is 0.349. The summed E-state index contributed by atoms with van der Waals surface area (Å²) in [5.41, 5.74) is 3.19. The van der Waals surface area contributed by atoms with Crippen molar-refractivity contribution in [3.63, 3.8) is 0 Å². The summed E-state index contributed by atoms with van der Waals surface area (Å²) in [4.78, 5) is 0. The molecule has 15 heavy (non-hydrogen) atoms. The smallest absolute Gasteiger partial charge is 0.0933 e. The van der Waals surface area contributed by atoms with Crippen molar-refractivity contribution in [2.75, 3.05) is 13.1 Å². The number of rotatable bonds is 3. The largest absolute Gasteiger partial charge is 0.309 e. The third-order valence-electron chi connectivity index (χ3n) is 3.14. The molecule has 2 heterocycles. The minimum absolute atomic E-state index is 0.388. The van der Waals surface area contributed by atoms with Gasteiger partial charge in [0.05, 0.1) is 6.17 Å². The molecule has 2 fully saturated rings. The second-order valence-electron chi connectivity index (χ2n) is 4.47. The van der Waals surface area contributed by atoms with Crippen LogP contribution in [0, 0.1) is 0 Å². The van der Waals surface area contributed by atoms with Gasteiger partial charge in [-0.1, -0.05) is 6.42 Å². The third kappa shape index (κ3) is 3.80. The molecule has 86 valence electrons. The quantitative estimate of drug-likeness (QED) is 0.477. The first-order valence-corrected chi connectivity index (χ1v) is 6.20. The summed E-state index contributed by atoms with van der Waals surface area (Å²) >= 11 is 0. The fourth-order valence-corrected chi connectivity index (χ4v) is 2.19. The second-order valence-corrected chi connectivity index (χ2v) is 4.47. The van der Waals surface area contributed by atoms with E-state index in [1.807, 2.05) is 6.21 Å². The first kappa shape index (κ1) is 10.9. The Morgan fingerprint density at radius 3 is 2.47 bits per heavy atom. The molecule has 2 atom stereocenters. The maximum Gasteiger partial charge on any atom is 0.0933 e. The van der Waals surface area contributed by atoms with Crippen molar-refractivity contribution < 1.29 is 0 Å². The molecule has 0 aliphatic carbocycles. The Bertz CT molecular complexity index is 193. The van der Waals surface area contributed by atoms with Gasteiger partial charge in [-0.2, -0.15) is 5.10 Å². The van der Waals surface area contributed by atoms with Crippen LogP contribution in [0.4, 0.5) is 0 Å². The van der Waals surface area contributed by atoms with Crippen LogP contribution in [0.1, 0.15) is 38.5 Å². The molecule has 2 aliphatic heterocycles.